The van der Waals surface area contributed by atoms with Crippen LogP contribution in [-0.2, 0) is 4.74 Å². The van der Waals surface area contributed by atoms with Gasteiger partial charge in [0.15, 0.2) is 0 Å². The van der Waals surface area contributed by atoms with Gasteiger partial charge in [0, 0.05) is 29.4 Å². The molecule has 0 amide bonds. The molecule has 1 fully saturated rings. The number of ether oxygens (including phenoxy) is 1. The van der Waals surface area contributed by atoms with E-state index in [9.17, 15) is 0 Å². The molecule has 5 nitrogen and oxygen atoms in total. The van der Waals surface area contributed by atoms with E-state index in [1.807, 2.05) is 19.3 Å². The van der Waals surface area contributed by atoms with Crippen molar-refractivity contribution in [3.05, 3.63) is 41.6 Å². The first-order valence-corrected chi connectivity index (χ1v) is 8.44. The van der Waals surface area contributed by atoms with E-state index in [0.717, 1.165) is 35.9 Å². The summed E-state index contributed by atoms with van der Waals surface area (Å²) in [5.74, 6) is 1.19. The lowest BCUT2D eigenvalue weighted by Crippen LogP contribution is -2.25. The van der Waals surface area contributed by atoms with Crippen molar-refractivity contribution >= 4 is 10.9 Å². The van der Waals surface area contributed by atoms with Gasteiger partial charge in [-0.2, -0.15) is 5.10 Å². The third-order valence-corrected chi connectivity index (χ3v) is 4.65. The van der Waals surface area contributed by atoms with Crippen molar-refractivity contribution in [3.8, 4) is 11.1 Å². The predicted octanol–water partition coefficient (Wildman–Crippen LogP) is 3.80. The summed E-state index contributed by atoms with van der Waals surface area (Å²) in [4.78, 5) is 8.66. The Morgan fingerprint density at radius 3 is 2.38 bits per heavy atom. The zero-order valence-electron chi connectivity index (χ0n) is 14.6. The smallest absolute Gasteiger partial charge is 0.125 e. The Labute approximate surface area is 141 Å². The molecule has 5 heteroatoms. The van der Waals surface area contributed by atoms with Gasteiger partial charge in [0.1, 0.15) is 5.82 Å². The van der Waals surface area contributed by atoms with Crippen LogP contribution in [0.3, 0.4) is 0 Å². The van der Waals surface area contributed by atoms with Gasteiger partial charge in [-0.05, 0) is 51.0 Å². The topological polar surface area (TPSA) is 52.8 Å². The molecule has 0 saturated carbocycles. The molecule has 0 unspecified atom stereocenters. The number of aromatic nitrogens is 4. The molecule has 4 rings (SSSR count). The quantitative estimate of drug-likeness (QED) is 0.736. The highest BCUT2D eigenvalue weighted by Gasteiger charge is 2.27. The van der Waals surface area contributed by atoms with Crippen molar-refractivity contribution in [1.29, 1.82) is 0 Å². The van der Waals surface area contributed by atoms with Gasteiger partial charge in [-0.25, -0.2) is 9.97 Å². The molecule has 1 aliphatic heterocycles. The van der Waals surface area contributed by atoms with Crippen LogP contribution in [0.5, 0.6) is 0 Å². The third-order valence-electron chi connectivity index (χ3n) is 4.65. The molecule has 2 aromatic heterocycles. The molecular formula is C19H22N4O. The highest BCUT2D eigenvalue weighted by Crippen LogP contribution is 2.35. The molecule has 24 heavy (non-hydrogen) atoms. The van der Waals surface area contributed by atoms with Gasteiger partial charge < -0.3 is 4.74 Å². The molecule has 124 valence electrons. The summed E-state index contributed by atoms with van der Waals surface area (Å²) < 4.78 is 7.54. The van der Waals surface area contributed by atoms with E-state index in [-0.39, 0.29) is 0 Å². The second-order valence-corrected chi connectivity index (χ2v) is 6.87. The Bertz CT molecular complexity index is 892. The standard InChI is InChI=1S/C19H22N4O/c1-11(2)23-19-12(3)5-14(15-7-20-13(4)21-8-15)6-17(19)18(22-23)16-9-24-10-16/h5-8,11,16H,9-10H2,1-4H3. The summed E-state index contributed by atoms with van der Waals surface area (Å²) in [6.45, 7) is 9.94. The van der Waals surface area contributed by atoms with Crippen LogP contribution in [0.1, 0.15) is 42.9 Å². The summed E-state index contributed by atoms with van der Waals surface area (Å²) in [5, 5.41) is 6.16. The summed E-state index contributed by atoms with van der Waals surface area (Å²) in [6, 6.07) is 4.77. The van der Waals surface area contributed by atoms with Gasteiger partial charge in [-0.3, -0.25) is 4.68 Å². The summed E-state index contributed by atoms with van der Waals surface area (Å²) in [7, 11) is 0. The van der Waals surface area contributed by atoms with E-state index in [1.54, 1.807) is 0 Å². The van der Waals surface area contributed by atoms with Crippen molar-refractivity contribution in [2.75, 3.05) is 13.2 Å². The highest BCUT2D eigenvalue weighted by molar-refractivity contribution is 5.90. The molecule has 1 aromatic carbocycles. The summed E-state index contributed by atoms with van der Waals surface area (Å²) in [6.07, 6.45) is 3.78. The van der Waals surface area contributed by atoms with Crippen LogP contribution in [0, 0.1) is 13.8 Å². The van der Waals surface area contributed by atoms with Gasteiger partial charge in [-0.15, -0.1) is 0 Å². The zero-order chi connectivity index (χ0) is 16.8. The van der Waals surface area contributed by atoms with Gasteiger partial charge >= 0.3 is 0 Å². The number of nitrogens with zero attached hydrogens (tertiary/aromatic N) is 4. The lowest BCUT2D eigenvalue weighted by molar-refractivity contribution is 0.00696. The monoisotopic (exact) mass is 322 g/mol. The SMILES string of the molecule is Cc1ncc(-c2cc(C)c3c(c2)c(C2COC2)nn3C(C)C)cn1. The molecule has 0 spiro atoms. The van der Waals surface area contributed by atoms with Crippen molar-refractivity contribution in [3.63, 3.8) is 0 Å². The largest absolute Gasteiger partial charge is 0.380 e. The molecule has 1 saturated heterocycles. The molecule has 3 heterocycles. The minimum Gasteiger partial charge on any atom is -0.380 e. The third kappa shape index (κ3) is 2.40. The highest BCUT2D eigenvalue weighted by atomic mass is 16.5. The van der Waals surface area contributed by atoms with E-state index < -0.39 is 0 Å². The van der Waals surface area contributed by atoms with E-state index in [2.05, 4.69) is 47.6 Å². The van der Waals surface area contributed by atoms with Crippen LogP contribution in [-0.4, -0.2) is 33.0 Å². The van der Waals surface area contributed by atoms with E-state index in [0.29, 0.717) is 12.0 Å². The number of aryl methyl sites for hydroxylation is 2. The zero-order valence-corrected chi connectivity index (χ0v) is 14.6. The predicted molar refractivity (Wildman–Crippen MR) is 94.2 cm³/mol. The van der Waals surface area contributed by atoms with Crippen LogP contribution in [0.4, 0.5) is 0 Å². The van der Waals surface area contributed by atoms with E-state index in [4.69, 9.17) is 9.84 Å². The average Bonchev–Trinajstić information content (AvgIpc) is 2.86. The molecule has 0 N–H and O–H groups in total. The first kappa shape index (κ1) is 15.3. The molecule has 0 radical (unpaired) electrons. The molecule has 1 aliphatic rings. The van der Waals surface area contributed by atoms with E-state index >= 15 is 0 Å². The lowest BCUT2D eigenvalue weighted by atomic mass is 9.96. The maximum absolute atomic E-state index is 5.40. The van der Waals surface area contributed by atoms with Crippen molar-refractivity contribution < 1.29 is 4.74 Å². The second-order valence-electron chi connectivity index (χ2n) is 6.87. The summed E-state index contributed by atoms with van der Waals surface area (Å²) in [5.41, 5.74) is 5.80. The van der Waals surface area contributed by atoms with Crippen molar-refractivity contribution in [1.82, 2.24) is 19.7 Å². The van der Waals surface area contributed by atoms with E-state index in [1.165, 1.54) is 16.5 Å². The Morgan fingerprint density at radius 2 is 1.79 bits per heavy atom. The Morgan fingerprint density at radius 1 is 1.08 bits per heavy atom. The minimum atomic E-state index is 0.328. The maximum atomic E-state index is 5.40. The molecule has 3 aromatic rings. The fourth-order valence-corrected chi connectivity index (χ4v) is 3.28. The Hall–Kier alpha value is -2.27. The number of hydrogen-bond donors (Lipinski definition) is 0. The Balaban J connectivity index is 1.94. The average molecular weight is 322 g/mol. The van der Waals surface area contributed by atoms with Gasteiger partial charge in [0.05, 0.1) is 30.3 Å². The van der Waals surface area contributed by atoms with Gasteiger partial charge in [-0.1, -0.05) is 0 Å². The molecule has 0 aliphatic carbocycles. The number of benzene rings is 1. The molecular weight excluding hydrogens is 300 g/mol. The fraction of sp³-hybridized carbons (Fsp3) is 0.421. The van der Waals surface area contributed by atoms with Crippen LogP contribution >= 0.6 is 0 Å². The Kier molecular flexibility index (Phi) is 3.61. The second kappa shape index (κ2) is 5.67. The minimum absolute atomic E-state index is 0.328. The van der Waals surface area contributed by atoms with Crippen LogP contribution in [0.2, 0.25) is 0 Å². The fourth-order valence-electron chi connectivity index (χ4n) is 3.28. The van der Waals surface area contributed by atoms with Crippen molar-refractivity contribution in [2.45, 2.75) is 39.7 Å². The van der Waals surface area contributed by atoms with Crippen LogP contribution in [0.15, 0.2) is 24.5 Å². The van der Waals surface area contributed by atoms with Crippen LogP contribution < -0.4 is 0 Å². The molecule has 0 bridgehead atoms. The first-order chi connectivity index (χ1) is 11.5. The van der Waals surface area contributed by atoms with Gasteiger partial charge in [0.2, 0.25) is 0 Å². The molecule has 0 atom stereocenters. The number of fused-ring (bicyclic) bond motifs is 1. The normalized spacial score (nSPS) is 15.2. The van der Waals surface area contributed by atoms with Crippen LogP contribution in [0.25, 0.3) is 22.0 Å². The lowest BCUT2D eigenvalue weighted by Gasteiger charge is -2.24. The number of rotatable bonds is 3. The van der Waals surface area contributed by atoms with Crippen molar-refractivity contribution in [2.24, 2.45) is 0 Å². The summed E-state index contributed by atoms with van der Waals surface area (Å²) >= 11 is 0. The maximum Gasteiger partial charge on any atom is 0.125 e. The number of hydrogen-bond acceptors (Lipinski definition) is 4. The first-order valence-electron chi connectivity index (χ1n) is 8.44. The van der Waals surface area contributed by atoms with Gasteiger partial charge in [0.25, 0.3) is 0 Å².